The molecule has 1 aromatic rings. The Morgan fingerprint density at radius 3 is 2.33 bits per heavy atom. The summed E-state index contributed by atoms with van der Waals surface area (Å²) in [6, 6.07) is 8.07. The van der Waals surface area contributed by atoms with Crippen molar-refractivity contribution in [2.75, 3.05) is 38.2 Å². The maximum atomic E-state index is 12.4. The molecule has 0 aliphatic carbocycles. The number of carbonyl (C=O) groups excluding carboxylic acids is 1. The Hall–Kier alpha value is -1.71. The highest BCUT2D eigenvalue weighted by Crippen LogP contribution is 2.28. The molecule has 0 unspecified atom stereocenters. The van der Waals surface area contributed by atoms with Gasteiger partial charge in [0.25, 0.3) is 0 Å². The van der Waals surface area contributed by atoms with Crippen LogP contribution in [0.4, 0.5) is 5.69 Å². The third-order valence-electron chi connectivity index (χ3n) is 4.35. The monoisotopic (exact) mass is 290 g/mol. The number of nitrogens with zero attached hydrogens (tertiary/aromatic N) is 2. The lowest BCUT2D eigenvalue weighted by molar-refractivity contribution is -0.136. The van der Waals surface area contributed by atoms with Crippen molar-refractivity contribution in [3.63, 3.8) is 0 Å². The topological polar surface area (TPSA) is 32.8 Å². The van der Waals surface area contributed by atoms with Gasteiger partial charge in [-0.1, -0.05) is 26.0 Å². The van der Waals surface area contributed by atoms with Gasteiger partial charge in [0.05, 0.1) is 12.8 Å². The third-order valence-corrected chi connectivity index (χ3v) is 4.35. The normalized spacial score (nSPS) is 15.4. The third kappa shape index (κ3) is 3.49. The van der Waals surface area contributed by atoms with E-state index in [9.17, 15) is 4.79 Å². The molecule has 0 aromatic heterocycles. The largest absolute Gasteiger partial charge is 0.495 e. The molecule has 1 fully saturated rings. The van der Waals surface area contributed by atoms with Gasteiger partial charge in [0, 0.05) is 32.1 Å². The molecule has 0 bridgehead atoms. The van der Waals surface area contributed by atoms with Crippen LogP contribution in [0.3, 0.4) is 0 Å². The van der Waals surface area contributed by atoms with E-state index in [1.54, 1.807) is 7.11 Å². The number of ether oxygens (including phenoxy) is 1. The molecule has 0 radical (unpaired) electrons. The fourth-order valence-electron chi connectivity index (χ4n) is 2.95. The van der Waals surface area contributed by atoms with Crippen molar-refractivity contribution in [3.8, 4) is 5.75 Å². The highest BCUT2D eigenvalue weighted by atomic mass is 16.5. The van der Waals surface area contributed by atoms with Gasteiger partial charge < -0.3 is 14.5 Å². The van der Waals surface area contributed by atoms with E-state index in [1.165, 1.54) is 0 Å². The zero-order valence-corrected chi connectivity index (χ0v) is 13.3. The molecule has 1 saturated heterocycles. The van der Waals surface area contributed by atoms with Gasteiger partial charge in [-0.3, -0.25) is 4.79 Å². The van der Waals surface area contributed by atoms with Gasteiger partial charge in [-0.15, -0.1) is 0 Å². The predicted octanol–water partition coefficient (Wildman–Crippen LogP) is 2.78. The molecule has 116 valence electrons. The van der Waals surface area contributed by atoms with Gasteiger partial charge in [0.1, 0.15) is 5.75 Å². The average Bonchev–Trinajstić information content (AvgIpc) is 2.56. The summed E-state index contributed by atoms with van der Waals surface area (Å²) >= 11 is 0. The fourth-order valence-corrected chi connectivity index (χ4v) is 2.95. The SMILES string of the molecule is CCC(CC)C(=O)N1CCN(c2ccccc2OC)CC1. The van der Waals surface area contributed by atoms with Crippen LogP contribution < -0.4 is 9.64 Å². The molecule has 0 saturated carbocycles. The van der Waals surface area contributed by atoms with Gasteiger partial charge in [0.15, 0.2) is 0 Å². The molecule has 1 aromatic carbocycles. The van der Waals surface area contributed by atoms with E-state index in [2.05, 4.69) is 24.8 Å². The highest BCUT2D eigenvalue weighted by molar-refractivity contribution is 5.79. The Morgan fingerprint density at radius 1 is 1.14 bits per heavy atom. The quantitative estimate of drug-likeness (QED) is 0.836. The minimum Gasteiger partial charge on any atom is -0.495 e. The maximum Gasteiger partial charge on any atom is 0.225 e. The summed E-state index contributed by atoms with van der Waals surface area (Å²) in [6.45, 7) is 7.52. The molecule has 2 rings (SSSR count). The summed E-state index contributed by atoms with van der Waals surface area (Å²) in [6.07, 6.45) is 1.87. The van der Waals surface area contributed by atoms with Crippen LogP contribution in [-0.2, 0) is 4.79 Å². The highest BCUT2D eigenvalue weighted by Gasteiger charge is 2.26. The maximum absolute atomic E-state index is 12.4. The van der Waals surface area contributed by atoms with Crippen LogP contribution in [0.2, 0.25) is 0 Å². The summed E-state index contributed by atoms with van der Waals surface area (Å²) in [5.74, 6) is 1.40. The van der Waals surface area contributed by atoms with Gasteiger partial charge in [-0.05, 0) is 25.0 Å². The first kappa shape index (κ1) is 15.7. The van der Waals surface area contributed by atoms with Crippen molar-refractivity contribution >= 4 is 11.6 Å². The van der Waals surface area contributed by atoms with E-state index >= 15 is 0 Å². The minimum absolute atomic E-state index is 0.183. The fraction of sp³-hybridized carbons (Fsp3) is 0.588. The lowest BCUT2D eigenvalue weighted by atomic mass is 10.0. The van der Waals surface area contributed by atoms with E-state index < -0.39 is 0 Å². The lowest BCUT2D eigenvalue weighted by Crippen LogP contribution is -2.50. The van der Waals surface area contributed by atoms with E-state index in [0.29, 0.717) is 5.91 Å². The van der Waals surface area contributed by atoms with Crippen molar-refractivity contribution in [2.24, 2.45) is 5.92 Å². The first-order valence-electron chi connectivity index (χ1n) is 7.88. The molecule has 1 aliphatic heterocycles. The summed E-state index contributed by atoms with van der Waals surface area (Å²) in [4.78, 5) is 16.7. The zero-order valence-electron chi connectivity index (χ0n) is 13.3. The number of anilines is 1. The predicted molar refractivity (Wildman–Crippen MR) is 85.9 cm³/mol. The van der Waals surface area contributed by atoms with E-state index in [-0.39, 0.29) is 5.92 Å². The molecular formula is C17H26N2O2. The van der Waals surface area contributed by atoms with Gasteiger partial charge in [0.2, 0.25) is 5.91 Å². The summed E-state index contributed by atoms with van der Waals surface area (Å²) in [7, 11) is 1.70. The Morgan fingerprint density at radius 2 is 1.76 bits per heavy atom. The molecule has 0 atom stereocenters. The van der Waals surface area contributed by atoms with Crippen LogP contribution in [0, 0.1) is 5.92 Å². The molecule has 1 aliphatic rings. The molecule has 4 heteroatoms. The molecule has 0 N–H and O–H groups in total. The van der Waals surface area contributed by atoms with Gasteiger partial charge >= 0.3 is 0 Å². The molecule has 21 heavy (non-hydrogen) atoms. The summed E-state index contributed by atoms with van der Waals surface area (Å²) in [5, 5.41) is 0. The van der Waals surface area contributed by atoms with Crippen LogP contribution in [0.5, 0.6) is 5.75 Å². The molecule has 1 amide bonds. The van der Waals surface area contributed by atoms with Crippen LogP contribution in [0.1, 0.15) is 26.7 Å². The molecular weight excluding hydrogens is 264 g/mol. The number of piperazine rings is 1. The lowest BCUT2D eigenvalue weighted by Gasteiger charge is -2.37. The number of para-hydroxylation sites is 2. The smallest absolute Gasteiger partial charge is 0.225 e. The number of carbonyl (C=O) groups is 1. The first-order valence-corrected chi connectivity index (χ1v) is 7.88. The van der Waals surface area contributed by atoms with Crippen LogP contribution in [-0.4, -0.2) is 44.1 Å². The van der Waals surface area contributed by atoms with E-state index in [1.807, 2.05) is 23.1 Å². The van der Waals surface area contributed by atoms with Crippen LogP contribution in [0.25, 0.3) is 0 Å². The number of hydrogen-bond donors (Lipinski definition) is 0. The second kappa shape index (κ2) is 7.34. The Bertz CT molecular complexity index is 464. The number of methoxy groups -OCH3 is 1. The van der Waals surface area contributed by atoms with Gasteiger partial charge in [-0.2, -0.15) is 0 Å². The second-order valence-corrected chi connectivity index (χ2v) is 5.50. The second-order valence-electron chi connectivity index (χ2n) is 5.50. The number of hydrogen-bond acceptors (Lipinski definition) is 3. The molecule has 4 nitrogen and oxygen atoms in total. The van der Waals surface area contributed by atoms with Crippen molar-refractivity contribution in [2.45, 2.75) is 26.7 Å². The summed E-state index contributed by atoms with van der Waals surface area (Å²) in [5.41, 5.74) is 1.12. The van der Waals surface area contributed by atoms with Crippen molar-refractivity contribution in [1.29, 1.82) is 0 Å². The van der Waals surface area contributed by atoms with E-state index in [0.717, 1.165) is 50.5 Å². The molecule has 0 spiro atoms. The number of amides is 1. The van der Waals surface area contributed by atoms with Crippen molar-refractivity contribution < 1.29 is 9.53 Å². The van der Waals surface area contributed by atoms with Crippen LogP contribution >= 0.6 is 0 Å². The Kier molecular flexibility index (Phi) is 5.48. The average molecular weight is 290 g/mol. The van der Waals surface area contributed by atoms with Crippen molar-refractivity contribution in [3.05, 3.63) is 24.3 Å². The van der Waals surface area contributed by atoms with Gasteiger partial charge in [-0.25, -0.2) is 0 Å². The summed E-state index contributed by atoms with van der Waals surface area (Å²) < 4.78 is 5.42. The minimum atomic E-state index is 0.183. The number of rotatable bonds is 5. The zero-order chi connectivity index (χ0) is 15.2. The Labute approximate surface area is 127 Å². The standard InChI is InChI=1S/C17H26N2O2/c1-4-14(5-2)17(20)19-12-10-18(11-13-19)15-8-6-7-9-16(15)21-3/h6-9,14H,4-5,10-13H2,1-3H3. The van der Waals surface area contributed by atoms with Crippen LogP contribution in [0.15, 0.2) is 24.3 Å². The Balaban J connectivity index is 1.98. The number of benzene rings is 1. The molecule has 1 heterocycles. The van der Waals surface area contributed by atoms with Crippen molar-refractivity contribution in [1.82, 2.24) is 4.90 Å². The van der Waals surface area contributed by atoms with E-state index in [4.69, 9.17) is 4.74 Å². The first-order chi connectivity index (χ1) is 10.2.